The van der Waals surface area contributed by atoms with Gasteiger partial charge in [0.2, 0.25) is 5.91 Å². The lowest BCUT2D eigenvalue weighted by Crippen LogP contribution is -2.47. The van der Waals surface area contributed by atoms with Gasteiger partial charge in [-0.15, -0.1) is 0 Å². The lowest BCUT2D eigenvalue weighted by Gasteiger charge is -2.35. The van der Waals surface area contributed by atoms with Crippen molar-refractivity contribution in [1.82, 2.24) is 19.4 Å². The molecule has 0 N–H and O–H groups in total. The number of aromatic nitrogens is 2. The van der Waals surface area contributed by atoms with E-state index in [4.69, 9.17) is 4.98 Å². The number of pyridine rings is 1. The Morgan fingerprint density at radius 2 is 1.60 bits per heavy atom. The Balaban J connectivity index is 1.15. The second-order valence-electron chi connectivity index (χ2n) is 9.97. The predicted molar refractivity (Wildman–Crippen MR) is 142 cm³/mol. The van der Waals surface area contributed by atoms with Gasteiger partial charge >= 0.3 is 0 Å². The van der Waals surface area contributed by atoms with Gasteiger partial charge in [0.25, 0.3) is 0 Å². The third-order valence-electron chi connectivity index (χ3n) is 7.63. The fourth-order valence-corrected chi connectivity index (χ4v) is 5.65. The minimum atomic E-state index is 0.261. The molecule has 4 aromatic rings. The minimum absolute atomic E-state index is 0.261. The van der Waals surface area contributed by atoms with E-state index in [1.807, 2.05) is 4.90 Å². The summed E-state index contributed by atoms with van der Waals surface area (Å²) in [6.07, 6.45) is 4.97. The van der Waals surface area contributed by atoms with Crippen LogP contribution < -0.4 is 4.90 Å². The van der Waals surface area contributed by atoms with Gasteiger partial charge in [-0.25, -0.2) is 4.98 Å². The summed E-state index contributed by atoms with van der Waals surface area (Å²) in [5.74, 6) is 1.34. The molecule has 6 heteroatoms. The third-order valence-corrected chi connectivity index (χ3v) is 7.63. The number of anilines is 1. The molecule has 0 spiro atoms. The second kappa shape index (κ2) is 9.34. The number of hydrogen-bond acceptors (Lipinski definition) is 4. The molecule has 2 aliphatic heterocycles. The molecule has 2 aromatic heterocycles. The summed E-state index contributed by atoms with van der Waals surface area (Å²) in [6.45, 7) is 8.74. The van der Waals surface area contributed by atoms with Gasteiger partial charge in [-0.1, -0.05) is 36.4 Å². The SMILES string of the molecule is Cc1cc(N2CCN(Cn3cc(CC(=O)N4CCCC4)c4ccccc43)CC2)nc2ccccc12. The molecule has 1 amide bonds. The Labute approximate surface area is 206 Å². The molecule has 2 saturated heterocycles. The van der Waals surface area contributed by atoms with E-state index < -0.39 is 0 Å². The molecular formula is C29H33N5O. The number of hydrogen-bond donors (Lipinski definition) is 0. The lowest BCUT2D eigenvalue weighted by atomic mass is 10.1. The molecule has 0 radical (unpaired) electrons. The molecule has 0 bridgehead atoms. The van der Waals surface area contributed by atoms with Crippen molar-refractivity contribution < 1.29 is 4.79 Å². The average molecular weight is 468 g/mol. The zero-order chi connectivity index (χ0) is 23.8. The quantitative estimate of drug-likeness (QED) is 0.435. The van der Waals surface area contributed by atoms with Crippen LogP contribution in [0.2, 0.25) is 0 Å². The van der Waals surface area contributed by atoms with Gasteiger partial charge in [-0.3, -0.25) is 9.69 Å². The first-order chi connectivity index (χ1) is 17.2. The van der Waals surface area contributed by atoms with Crippen LogP contribution in [-0.2, 0) is 17.9 Å². The van der Waals surface area contributed by atoms with Crippen LogP contribution in [0.25, 0.3) is 21.8 Å². The summed E-state index contributed by atoms with van der Waals surface area (Å²) >= 11 is 0. The zero-order valence-electron chi connectivity index (χ0n) is 20.5. The maximum Gasteiger partial charge on any atom is 0.227 e. The van der Waals surface area contributed by atoms with Crippen LogP contribution in [-0.4, -0.2) is 64.5 Å². The van der Waals surface area contributed by atoms with E-state index in [2.05, 4.69) is 82.1 Å². The molecular weight excluding hydrogens is 434 g/mol. The van der Waals surface area contributed by atoms with Gasteiger partial charge < -0.3 is 14.4 Å². The van der Waals surface area contributed by atoms with Crippen molar-refractivity contribution in [2.45, 2.75) is 32.9 Å². The van der Waals surface area contributed by atoms with Crippen molar-refractivity contribution in [3.8, 4) is 0 Å². The number of benzene rings is 2. The molecule has 180 valence electrons. The second-order valence-corrected chi connectivity index (χ2v) is 9.97. The first kappa shape index (κ1) is 22.1. The number of aryl methyl sites for hydroxylation is 1. The highest BCUT2D eigenvalue weighted by atomic mass is 16.2. The minimum Gasteiger partial charge on any atom is -0.354 e. The zero-order valence-corrected chi connectivity index (χ0v) is 20.5. The van der Waals surface area contributed by atoms with Crippen molar-refractivity contribution >= 4 is 33.5 Å². The molecule has 0 saturated carbocycles. The van der Waals surface area contributed by atoms with Gasteiger partial charge in [-0.05, 0) is 49.1 Å². The Hall–Kier alpha value is -3.38. The Bertz CT molecular complexity index is 1360. The van der Waals surface area contributed by atoms with E-state index in [9.17, 15) is 4.79 Å². The largest absolute Gasteiger partial charge is 0.354 e. The topological polar surface area (TPSA) is 44.6 Å². The lowest BCUT2D eigenvalue weighted by molar-refractivity contribution is -0.129. The number of likely N-dealkylation sites (tertiary alicyclic amines) is 1. The standard InChI is InChI=1S/C29H33N5O/c1-22-18-28(30-26-10-4-2-8-24(22)26)32-16-14-31(15-17-32)21-34-20-23(25-9-3-5-11-27(25)34)19-29(35)33-12-6-7-13-33/h2-5,8-11,18,20H,6-7,12-17,19,21H2,1H3. The van der Waals surface area contributed by atoms with Crippen LogP contribution in [0.5, 0.6) is 0 Å². The van der Waals surface area contributed by atoms with Gasteiger partial charge in [0.05, 0.1) is 18.6 Å². The highest BCUT2D eigenvalue weighted by molar-refractivity contribution is 5.89. The molecule has 0 unspecified atom stereocenters. The van der Waals surface area contributed by atoms with Crippen molar-refractivity contribution in [2.75, 3.05) is 44.2 Å². The Morgan fingerprint density at radius 1 is 0.886 bits per heavy atom. The molecule has 4 heterocycles. The van der Waals surface area contributed by atoms with Crippen LogP contribution >= 0.6 is 0 Å². The maximum atomic E-state index is 12.8. The van der Waals surface area contributed by atoms with Crippen LogP contribution in [0, 0.1) is 6.92 Å². The van der Waals surface area contributed by atoms with Crippen molar-refractivity contribution in [2.24, 2.45) is 0 Å². The van der Waals surface area contributed by atoms with Crippen LogP contribution in [0.15, 0.2) is 60.8 Å². The summed E-state index contributed by atoms with van der Waals surface area (Å²) in [5, 5.41) is 2.43. The number of amides is 1. The van der Waals surface area contributed by atoms with E-state index in [-0.39, 0.29) is 5.91 Å². The van der Waals surface area contributed by atoms with Gasteiger partial charge in [0, 0.05) is 61.8 Å². The molecule has 0 atom stereocenters. The van der Waals surface area contributed by atoms with E-state index in [1.54, 1.807) is 0 Å². The number of nitrogens with zero attached hydrogens (tertiary/aromatic N) is 5. The Kier molecular flexibility index (Phi) is 5.90. The van der Waals surface area contributed by atoms with Crippen LogP contribution in [0.4, 0.5) is 5.82 Å². The number of para-hydroxylation sites is 2. The Morgan fingerprint density at radius 3 is 2.40 bits per heavy atom. The molecule has 2 fully saturated rings. The molecule has 0 aliphatic carbocycles. The van der Waals surface area contributed by atoms with Gasteiger partial charge in [0.1, 0.15) is 5.82 Å². The average Bonchev–Trinajstić information content (AvgIpc) is 3.54. The van der Waals surface area contributed by atoms with Crippen molar-refractivity contribution in [1.29, 1.82) is 0 Å². The first-order valence-corrected chi connectivity index (χ1v) is 12.8. The summed E-state index contributed by atoms with van der Waals surface area (Å²) in [4.78, 5) is 24.7. The highest BCUT2D eigenvalue weighted by Gasteiger charge is 2.22. The molecule has 2 aliphatic rings. The number of rotatable bonds is 5. The first-order valence-electron chi connectivity index (χ1n) is 12.8. The summed E-state index contributed by atoms with van der Waals surface area (Å²) < 4.78 is 2.33. The molecule has 6 nitrogen and oxygen atoms in total. The van der Waals surface area contributed by atoms with Crippen molar-refractivity contribution in [3.05, 3.63) is 71.9 Å². The maximum absolute atomic E-state index is 12.8. The fraction of sp³-hybridized carbons (Fsp3) is 0.379. The number of fused-ring (bicyclic) bond motifs is 2. The predicted octanol–water partition coefficient (Wildman–Crippen LogP) is 4.44. The summed E-state index contributed by atoms with van der Waals surface area (Å²) in [6, 6.07) is 19.1. The fourth-order valence-electron chi connectivity index (χ4n) is 5.65. The highest BCUT2D eigenvalue weighted by Crippen LogP contribution is 2.25. The smallest absolute Gasteiger partial charge is 0.227 e. The van der Waals surface area contributed by atoms with E-state index in [0.29, 0.717) is 6.42 Å². The summed E-state index contributed by atoms with van der Waals surface area (Å²) in [5.41, 5.74) is 4.71. The van der Waals surface area contributed by atoms with Crippen LogP contribution in [0.3, 0.4) is 0 Å². The number of carbonyl (C=O) groups is 1. The van der Waals surface area contributed by atoms with Crippen molar-refractivity contribution in [3.63, 3.8) is 0 Å². The molecule has 6 rings (SSSR count). The monoisotopic (exact) mass is 467 g/mol. The van der Waals surface area contributed by atoms with Gasteiger partial charge in [-0.2, -0.15) is 0 Å². The molecule has 35 heavy (non-hydrogen) atoms. The number of piperazine rings is 1. The van der Waals surface area contributed by atoms with E-state index >= 15 is 0 Å². The number of carbonyl (C=O) groups excluding carboxylic acids is 1. The third kappa shape index (κ3) is 4.39. The van der Waals surface area contributed by atoms with E-state index in [1.165, 1.54) is 21.9 Å². The van der Waals surface area contributed by atoms with Crippen LogP contribution in [0.1, 0.15) is 24.0 Å². The van der Waals surface area contributed by atoms with E-state index in [0.717, 1.165) is 75.7 Å². The molecule has 2 aromatic carbocycles. The summed E-state index contributed by atoms with van der Waals surface area (Å²) in [7, 11) is 0. The van der Waals surface area contributed by atoms with Gasteiger partial charge in [0.15, 0.2) is 0 Å². The normalized spacial score (nSPS) is 17.1.